The van der Waals surface area contributed by atoms with E-state index in [-0.39, 0.29) is 11.9 Å². The highest BCUT2D eigenvalue weighted by Gasteiger charge is 2.16. The lowest BCUT2D eigenvalue weighted by Crippen LogP contribution is -2.19. The number of ether oxygens (including phenoxy) is 1. The first-order valence-electron chi connectivity index (χ1n) is 15.3. The Bertz CT molecular complexity index is 392. The number of hydrogen-bond donors (Lipinski definition) is 0. The summed E-state index contributed by atoms with van der Waals surface area (Å²) in [6.07, 6.45) is 31.1. The van der Waals surface area contributed by atoms with Crippen molar-refractivity contribution in [3.05, 3.63) is 0 Å². The average Bonchev–Trinajstić information content (AvgIpc) is 2.83. The van der Waals surface area contributed by atoms with Crippen LogP contribution in [0.15, 0.2) is 0 Å². The molecule has 0 radical (unpaired) electrons. The summed E-state index contributed by atoms with van der Waals surface area (Å²) < 4.78 is 5.70. The van der Waals surface area contributed by atoms with Gasteiger partial charge < -0.3 is 4.74 Å². The number of carbonyl (C=O) groups excluding carboxylic acids is 1. The second kappa shape index (κ2) is 26.1. The average molecular weight is 467 g/mol. The topological polar surface area (TPSA) is 26.3 Å². The van der Waals surface area contributed by atoms with Crippen LogP contribution in [-0.4, -0.2) is 12.6 Å². The Labute approximate surface area is 209 Å². The van der Waals surface area contributed by atoms with E-state index in [1.165, 1.54) is 141 Å². The molecular formula is C31H62O2. The SMILES string of the molecule is CCCCCCCCCCCCCCC(CCCCCCCCCC)COC(=O)C(C)CC. The van der Waals surface area contributed by atoms with E-state index < -0.39 is 0 Å². The maximum atomic E-state index is 12.1. The monoisotopic (exact) mass is 466 g/mol. The first kappa shape index (κ1) is 32.5. The molecule has 0 spiro atoms. The highest BCUT2D eigenvalue weighted by atomic mass is 16.5. The highest BCUT2D eigenvalue weighted by molar-refractivity contribution is 5.71. The molecule has 0 aromatic rings. The Morgan fingerprint density at radius 3 is 1.21 bits per heavy atom. The van der Waals surface area contributed by atoms with Crippen LogP contribution in [0, 0.1) is 11.8 Å². The summed E-state index contributed by atoms with van der Waals surface area (Å²) in [5.41, 5.74) is 0. The number of hydrogen-bond acceptors (Lipinski definition) is 2. The molecule has 0 aromatic heterocycles. The molecule has 0 aromatic carbocycles. The summed E-state index contributed by atoms with van der Waals surface area (Å²) in [6, 6.07) is 0. The molecular weight excluding hydrogens is 404 g/mol. The molecule has 0 bridgehead atoms. The van der Waals surface area contributed by atoms with Gasteiger partial charge in [0.2, 0.25) is 0 Å². The van der Waals surface area contributed by atoms with Crippen LogP contribution in [0.3, 0.4) is 0 Å². The van der Waals surface area contributed by atoms with E-state index in [2.05, 4.69) is 20.8 Å². The van der Waals surface area contributed by atoms with Crippen LogP contribution in [0.25, 0.3) is 0 Å². The quantitative estimate of drug-likeness (QED) is 0.0935. The van der Waals surface area contributed by atoms with E-state index in [0.717, 1.165) is 6.42 Å². The lowest BCUT2D eigenvalue weighted by molar-refractivity contribution is -0.149. The Morgan fingerprint density at radius 2 is 0.879 bits per heavy atom. The standard InChI is InChI=1S/C31H62O2/c1-5-8-10-12-14-16-17-18-19-21-23-25-27-30(28-33-31(32)29(4)7-3)26-24-22-20-15-13-11-9-6-2/h29-30H,5-28H2,1-4H3. The predicted octanol–water partition coefficient (Wildman–Crippen LogP) is 10.8. The van der Waals surface area contributed by atoms with Gasteiger partial charge in [-0.05, 0) is 25.2 Å². The number of esters is 1. The molecule has 2 atom stereocenters. The van der Waals surface area contributed by atoms with Crippen molar-refractivity contribution in [2.75, 3.05) is 6.61 Å². The Kier molecular flexibility index (Phi) is 25.7. The molecule has 2 heteroatoms. The summed E-state index contributed by atoms with van der Waals surface area (Å²) in [5.74, 6) is 0.620. The molecule has 0 heterocycles. The zero-order valence-corrected chi connectivity index (χ0v) is 23.4. The zero-order valence-electron chi connectivity index (χ0n) is 23.4. The first-order valence-corrected chi connectivity index (χ1v) is 15.3. The minimum Gasteiger partial charge on any atom is -0.465 e. The Morgan fingerprint density at radius 1 is 0.545 bits per heavy atom. The van der Waals surface area contributed by atoms with Crippen molar-refractivity contribution in [2.24, 2.45) is 11.8 Å². The third kappa shape index (κ3) is 23.0. The van der Waals surface area contributed by atoms with Crippen LogP contribution in [0.4, 0.5) is 0 Å². The van der Waals surface area contributed by atoms with Crippen molar-refractivity contribution in [3.63, 3.8) is 0 Å². The van der Waals surface area contributed by atoms with E-state index in [4.69, 9.17) is 4.74 Å². The van der Waals surface area contributed by atoms with Gasteiger partial charge in [-0.25, -0.2) is 0 Å². The smallest absolute Gasteiger partial charge is 0.308 e. The van der Waals surface area contributed by atoms with Crippen molar-refractivity contribution in [3.8, 4) is 0 Å². The summed E-state index contributed by atoms with van der Waals surface area (Å²) >= 11 is 0. The van der Waals surface area contributed by atoms with Crippen molar-refractivity contribution < 1.29 is 9.53 Å². The van der Waals surface area contributed by atoms with Gasteiger partial charge in [-0.1, -0.05) is 156 Å². The van der Waals surface area contributed by atoms with Gasteiger partial charge in [0.05, 0.1) is 12.5 Å². The number of unbranched alkanes of at least 4 members (excludes halogenated alkanes) is 18. The van der Waals surface area contributed by atoms with Crippen LogP contribution in [0.5, 0.6) is 0 Å². The fourth-order valence-corrected chi connectivity index (χ4v) is 4.66. The van der Waals surface area contributed by atoms with Gasteiger partial charge in [0.1, 0.15) is 0 Å². The third-order valence-electron chi connectivity index (χ3n) is 7.41. The molecule has 0 rings (SSSR count). The molecule has 0 aliphatic heterocycles. The van der Waals surface area contributed by atoms with E-state index in [9.17, 15) is 4.79 Å². The first-order chi connectivity index (χ1) is 16.2. The third-order valence-corrected chi connectivity index (χ3v) is 7.41. The Hall–Kier alpha value is -0.530. The molecule has 0 saturated carbocycles. The van der Waals surface area contributed by atoms with Gasteiger partial charge in [0, 0.05) is 0 Å². The molecule has 33 heavy (non-hydrogen) atoms. The molecule has 0 aliphatic carbocycles. The van der Waals surface area contributed by atoms with E-state index in [1.54, 1.807) is 0 Å². The summed E-state index contributed by atoms with van der Waals surface area (Å²) in [6.45, 7) is 9.28. The van der Waals surface area contributed by atoms with Crippen LogP contribution in [0.2, 0.25) is 0 Å². The summed E-state index contributed by atoms with van der Waals surface area (Å²) in [4.78, 5) is 12.1. The van der Waals surface area contributed by atoms with Crippen molar-refractivity contribution in [1.82, 2.24) is 0 Å². The second-order valence-electron chi connectivity index (χ2n) is 10.7. The largest absolute Gasteiger partial charge is 0.465 e. The number of carbonyl (C=O) groups is 1. The molecule has 2 unspecified atom stereocenters. The second-order valence-corrected chi connectivity index (χ2v) is 10.7. The van der Waals surface area contributed by atoms with Gasteiger partial charge in [-0.3, -0.25) is 4.79 Å². The molecule has 2 nitrogen and oxygen atoms in total. The molecule has 0 aliphatic rings. The van der Waals surface area contributed by atoms with Gasteiger partial charge in [0.25, 0.3) is 0 Å². The van der Waals surface area contributed by atoms with Crippen LogP contribution < -0.4 is 0 Å². The minimum absolute atomic E-state index is 0.00752. The van der Waals surface area contributed by atoms with Crippen LogP contribution in [0.1, 0.15) is 175 Å². The summed E-state index contributed by atoms with van der Waals surface area (Å²) in [7, 11) is 0. The molecule has 0 amide bonds. The lowest BCUT2D eigenvalue weighted by atomic mass is 9.94. The normalized spacial score (nSPS) is 13.2. The van der Waals surface area contributed by atoms with E-state index in [0.29, 0.717) is 12.5 Å². The number of rotatable bonds is 26. The molecule has 198 valence electrons. The van der Waals surface area contributed by atoms with Crippen LogP contribution in [-0.2, 0) is 9.53 Å². The fraction of sp³-hybridized carbons (Fsp3) is 0.968. The predicted molar refractivity (Wildman–Crippen MR) is 147 cm³/mol. The summed E-state index contributed by atoms with van der Waals surface area (Å²) in [5, 5.41) is 0. The molecule has 0 fully saturated rings. The maximum Gasteiger partial charge on any atom is 0.308 e. The zero-order chi connectivity index (χ0) is 24.4. The van der Waals surface area contributed by atoms with E-state index >= 15 is 0 Å². The van der Waals surface area contributed by atoms with Crippen molar-refractivity contribution in [1.29, 1.82) is 0 Å². The van der Waals surface area contributed by atoms with Gasteiger partial charge in [-0.15, -0.1) is 0 Å². The lowest BCUT2D eigenvalue weighted by Gasteiger charge is -2.18. The highest BCUT2D eigenvalue weighted by Crippen LogP contribution is 2.21. The van der Waals surface area contributed by atoms with E-state index in [1.807, 2.05) is 6.92 Å². The van der Waals surface area contributed by atoms with Crippen molar-refractivity contribution in [2.45, 2.75) is 175 Å². The van der Waals surface area contributed by atoms with Crippen LogP contribution >= 0.6 is 0 Å². The fourth-order valence-electron chi connectivity index (χ4n) is 4.66. The van der Waals surface area contributed by atoms with Gasteiger partial charge >= 0.3 is 5.97 Å². The molecule has 0 saturated heterocycles. The van der Waals surface area contributed by atoms with Gasteiger partial charge in [0.15, 0.2) is 0 Å². The maximum absolute atomic E-state index is 12.1. The molecule has 0 N–H and O–H groups in total. The van der Waals surface area contributed by atoms with Gasteiger partial charge in [-0.2, -0.15) is 0 Å². The minimum atomic E-state index is 0.00752. The Balaban J connectivity index is 3.90. The van der Waals surface area contributed by atoms with Crippen molar-refractivity contribution >= 4 is 5.97 Å².